The molecule has 156 valence electrons. The molecule has 1 aromatic carbocycles. The zero-order valence-corrected chi connectivity index (χ0v) is 18.3. The van der Waals surface area contributed by atoms with Crippen LogP contribution in [0.1, 0.15) is 11.3 Å². The third-order valence-electron chi connectivity index (χ3n) is 5.45. The second kappa shape index (κ2) is 7.61. The van der Waals surface area contributed by atoms with Crippen LogP contribution in [0.15, 0.2) is 36.4 Å². The normalized spacial score (nSPS) is 16.4. The van der Waals surface area contributed by atoms with E-state index in [0.29, 0.717) is 34.6 Å². The van der Waals surface area contributed by atoms with Gasteiger partial charge >= 0.3 is 6.03 Å². The number of carbonyl (C=O) groups excluding carboxylic acids is 1. The second-order valence-corrected chi connectivity index (χ2v) is 9.37. The lowest BCUT2D eigenvalue weighted by molar-refractivity contribution is -0.174. The number of nitrogens with one attached hydrogen (secondary N) is 1. The van der Waals surface area contributed by atoms with Crippen LogP contribution in [0, 0.1) is 23.7 Å². The number of urea groups is 1. The molecule has 7 nitrogen and oxygen atoms in total. The number of carbonyl (C=O) groups is 1. The van der Waals surface area contributed by atoms with Crippen molar-refractivity contribution in [2.75, 3.05) is 31.6 Å². The van der Waals surface area contributed by atoms with Gasteiger partial charge in [0, 0.05) is 24.3 Å². The van der Waals surface area contributed by atoms with Crippen molar-refractivity contribution in [2.45, 2.75) is 6.92 Å². The Morgan fingerprint density at radius 1 is 1.26 bits per heavy atom. The lowest BCUT2D eigenvalue weighted by Crippen LogP contribution is -2.67. The van der Waals surface area contributed by atoms with Crippen LogP contribution >= 0.6 is 22.9 Å². The monoisotopic (exact) mass is 451 g/mol. The van der Waals surface area contributed by atoms with E-state index in [1.807, 2.05) is 25.1 Å². The number of nitriles is 1. The zero-order chi connectivity index (χ0) is 21.6. The van der Waals surface area contributed by atoms with E-state index >= 15 is 0 Å². The first-order valence-electron chi connectivity index (χ1n) is 9.74. The van der Waals surface area contributed by atoms with E-state index < -0.39 is 0 Å². The number of aryl methyl sites for hydroxylation is 1. The van der Waals surface area contributed by atoms with Gasteiger partial charge in [0.25, 0.3) is 0 Å². The molecule has 1 spiro atoms. The maximum Gasteiger partial charge on any atom is 0.323 e. The summed E-state index contributed by atoms with van der Waals surface area (Å²) in [4.78, 5) is 24.3. The molecule has 2 fully saturated rings. The summed E-state index contributed by atoms with van der Waals surface area (Å²) in [5.74, 6) is 0. The van der Waals surface area contributed by atoms with Crippen molar-refractivity contribution in [3.8, 4) is 27.8 Å². The summed E-state index contributed by atoms with van der Waals surface area (Å²) in [5, 5.41) is 13.1. The smallest absolute Gasteiger partial charge is 0.323 e. The summed E-state index contributed by atoms with van der Waals surface area (Å²) in [7, 11) is 0. The quantitative estimate of drug-likeness (QED) is 0.589. The van der Waals surface area contributed by atoms with Gasteiger partial charge in [-0.15, -0.1) is 0 Å². The number of likely N-dealkylation sites (tertiary alicyclic amines) is 1. The van der Waals surface area contributed by atoms with Gasteiger partial charge < -0.3 is 9.64 Å². The SMILES string of the molecule is Cc1cc(-c2sc(NC(=O)N3CC4(COC4)C3)nc2-c2cccc(C#N)c2)cc(Cl)n1. The number of benzene rings is 1. The third kappa shape index (κ3) is 3.76. The molecule has 2 aromatic heterocycles. The standard InChI is InChI=1S/C22H18ClN5O2S/c1-13-5-16(7-17(23)25-13)19-18(15-4-2-3-14(6-15)8-24)26-20(31-19)27-21(29)28-9-22(10-28)11-30-12-22/h2-7H,9-12H2,1H3,(H,26,27,29). The number of pyridine rings is 1. The molecule has 2 aliphatic heterocycles. The number of anilines is 1. The highest BCUT2D eigenvalue weighted by Crippen LogP contribution is 2.41. The van der Waals surface area contributed by atoms with E-state index in [0.717, 1.165) is 34.9 Å². The number of halogens is 1. The van der Waals surface area contributed by atoms with Crippen LogP contribution in [0.2, 0.25) is 5.15 Å². The molecule has 0 aliphatic carbocycles. The summed E-state index contributed by atoms with van der Waals surface area (Å²) in [6, 6.07) is 13.0. The highest BCUT2D eigenvalue weighted by molar-refractivity contribution is 7.19. The molecular weight excluding hydrogens is 434 g/mol. The molecule has 3 aromatic rings. The average Bonchev–Trinajstić information content (AvgIpc) is 3.09. The van der Waals surface area contributed by atoms with Gasteiger partial charge in [0.15, 0.2) is 5.13 Å². The number of hydrogen-bond acceptors (Lipinski definition) is 6. The summed E-state index contributed by atoms with van der Waals surface area (Å²) in [6.45, 7) is 4.72. The van der Waals surface area contributed by atoms with Gasteiger partial charge in [-0.25, -0.2) is 14.8 Å². The Balaban J connectivity index is 1.49. The van der Waals surface area contributed by atoms with Gasteiger partial charge in [0.2, 0.25) is 0 Å². The molecule has 0 unspecified atom stereocenters. The fraction of sp³-hybridized carbons (Fsp3) is 0.273. The van der Waals surface area contributed by atoms with Crippen LogP contribution in [-0.2, 0) is 4.74 Å². The van der Waals surface area contributed by atoms with E-state index in [-0.39, 0.29) is 11.4 Å². The van der Waals surface area contributed by atoms with Gasteiger partial charge in [-0.3, -0.25) is 5.32 Å². The first-order chi connectivity index (χ1) is 14.9. The van der Waals surface area contributed by atoms with Crippen molar-refractivity contribution in [1.29, 1.82) is 5.26 Å². The molecule has 0 bridgehead atoms. The Morgan fingerprint density at radius 3 is 2.74 bits per heavy atom. The average molecular weight is 452 g/mol. The van der Waals surface area contributed by atoms with Crippen molar-refractivity contribution in [3.63, 3.8) is 0 Å². The first-order valence-corrected chi connectivity index (χ1v) is 10.9. The van der Waals surface area contributed by atoms with Crippen molar-refractivity contribution in [2.24, 2.45) is 5.41 Å². The number of hydrogen-bond donors (Lipinski definition) is 1. The van der Waals surface area contributed by atoms with Crippen molar-refractivity contribution < 1.29 is 9.53 Å². The molecule has 2 saturated heterocycles. The molecule has 0 atom stereocenters. The van der Waals surface area contributed by atoms with Gasteiger partial charge in [0.1, 0.15) is 5.15 Å². The van der Waals surface area contributed by atoms with Gasteiger partial charge in [-0.1, -0.05) is 35.1 Å². The Labute approximate surface area is 188 Å². The number of amides is 2. The second-order valence-electron chi connectivity index (χ2n) is 7.99. The predicted octanol–water partition coefficient (Wildman–Crippen LogP) is 4.57. The maximum absolute atomic E-state index is 12.7. The fourth-order valence-electron chi connectivity index (χ4n) is 3.91. The highest BCUT2D eigenvalue weighted by Gasteiger charge is 2.50. The van der Waals surface area contributed by atoms with Crippen LogP contribution in [0.25, 0.3) is 21.7 Å². The molecule has 1 N–H and O–H groups in total. The van der Waals surface area contributed by atoms with Crippen LogP contribution in [0.3, 0.4) is 0 Å². The largest absolute Gasteiger partial charge is 0.380 e. The van der Waals surface area contributed by atoms with Crippen LogP contribution < -0.4 is 5.32 Å². The van der Waals surface area contributed by atoms with E-state index in [9.17, 15) is 10.1 Å². The number of aromatic nitrogens is 2. The molecule has 2 aliphatic rings. The molecule has 31 heavy (non-hydrogen) atoms. The fourth-order valence-corrected chi connectivity index (χ4v) is 5.13. The summed E-state index contributed by atoms with van der Waals surface area (Å²) in [5.41, 5.74) is 3.82. The highest BCUT2D eigenvalue weighted by atomic mass is 35.5. The minimum atomic E-state index is -0.168. The molecule has 5 rings (SSSR count). The first kappa shape index (κ1) is 19.9. The van der Waals surface area contributed by atoms with E-state index in [1.54, 1.807) is 23.1 Å². The van der Waals surface area contributed by atoms with Crippen molar-refractivity contribution in [3.05, 3.63) is 52.8 Å². The Bertz CT molecular complexity index is 1200. The minimum Gasteiger partial charge on any atom is -0.380 e. The Kier molecular flexibility index (Phi) is 4.89. The lowest BCUT2D eigenvalue weighted by atomic mass is 9.78. The van der Waals surface area contributed by atoms with E-state index in [4.69, 9.17) is 21.3 Å². The molecular formula is C22H18ClN5O2S. The maximum atomic E-state index is 12.7. The molecule has 9 heteroatoms. The lowest BCUT2D eigenvalue weighted by Gasteiger charge is -2.54. The Hall–Kier alpha value is -2.99. The van der Waals surface area contributed by atoms with Crippen LogP contribution in [-0.4, -0.2) is 47.2 Å². The van der Waals surface area contributed by atoms with Crippen molar-refractivity contribution in [1.82, 2.24) is 14.9 Å². The topological polar surface area (TPSA) is 91.1 Å². The molecule has 4 heterocycles. The van der Waals surface area contributed by atoms with E-state index in [1.165, 1.54) is 11.3 Å². The number of thiazole rings is 1. The summed E-state index contributed by atoms with van der Waals surface area (Å²) >= 11 is 7.57. The number of ether oxygens (including phenoxy) is 1. The van der Waals surface area contributed by atoms with Gasteiger partial charge in [-0.2, -0.15) is 5.26 Å². The summed E-state index contributed by atoms with van der Waals surface area (Å²) in [6.07, 6.45) is 0. The van der Waals surface area contributed by atoms with Crippen LogP contribution in [0.4, 0.5) is 9.93 Å². The van der Waals surface area contributed by atoms with E-state index in [2.05, 4.69) is 16.4 Å². The number of nitrogens with zero attached hydrogens (tertiary/aromatic N) is 4. The zero-order valence-electron chi connectivity index (χ0n) is 16.7. The van der Waals surface area contributed by atoms with Gasteiger partial charge in [-0.05, 0) is 36.8 Å². The molecule has 0 saturated carbocycles. The predicted molar refractivity (Wildman–Crippen MR) is 119 cm³/mol. The van der Waals surface area contributed by atoms with Crippen molar-refractivity contribution >= 4 is 34.1 Å². The minimum absolute atomic E-state index is 0.152. The third-order valence-corrected chi connectivity index (χ3v) is 6.66. The van der Waals surface area contributed by atoms with Gasteiger partial charge in [0.05, 0.1) is 40.8 Å². The van der Waals surface area contributed by atoms with Crippen LogP contribution in [0.5, 0.6) is 0 Å². The number of rotatable bonds is 3. The molecule has 2 amide bonds. The Morgan fingerprint density at radius 2 is 2.06 bits per heavy atom. The molecule has 0 radical (unpaired) electrons. The summed E-state index contributed by atoms with van der Waals surface area (Å²) < 4.78 is 5.27.